The number of amides is 2. The van der Waals surface area contributed by atoms with E-state index < -0.39 is 11.8 Å². The highest BCUT2D eigenvalue weighted by Crippen LogP contribution is 2.25. The molecule has 2 rings (SSSR count). The van der Waals surface area contributed by atoms with E-state index in [1.54, 1.807) is 12.1 Å². The smallest absolute Gasteiger partial charge is 0.316 e. The van der Waals surface area contributed by atoms with Crippen LogP contribution >= 0.6 is 0 Å². The van der Waals surface area contributed by atoms with Crippen molar-refractivity contribution in [3.05, 3.63) is 23.8 Å². The van der Waals surface area contributed by atoms with Crippen LogP contribution in [0.25, 0.3) is 0 Å². The van der Waals surface area contributed by atoms with Crippen LogP contribution in [0, 0.1) is 6.92 Å². The Morgan fingerprint density at radius 3 is 2.85 bits per heavy atom. The van der Waals surface area contributed by atoms with Crippen molar-refractivity contribution in [1.29, 1.82) is 0 Å². The van der Waals surface area contributed by atoms with E-state index in [0.717, 1.165) is 5.56 Å². The molecule has 1 aromatic rings. The van der Waals surface area contributed by atoms with Gasteiger partial charge in [-0.1, -0.05) is 6.07 Å². The van der Waals surface area contributed by atoms with E-state index >= 15 is 0 Å². The van der Waals surface area contributed by atoms with E-state index in [9.17, 15) is 9.59 Å². The second-order valence-electron chi connectivity index (χ2n) is 2.89. The van der Waals surface area contributed by atoms with E-state index in [-0.39, 0.29) is 0 Å². The predicted octanol–water partition coefficient (Wildman–Crippen LogP) is 0.710. The Hall–Kier alpha value is -1.84. The second-order valence-corrected chi connectivity index (χ2v) is 2.89. The van der Waals surface area contributed by atoms with Gasteiger partial charge in [-0.3, -0.25) is 9.59 Å². The summed E-state index contributed by atoms with van der Waals surface area (Å²) >= 11 is 0. The highest BCUT2D eigenvalue weighted by molar-refractivity contribution is 6.42. The summed E-state index contributed by atoms with van der Waals surface area (Å²) in [4.78, 5) is 21.8. The van der Waals surface area contributed by atoms with Crippen LogP contribution in [-0.2, 0) is 9.59 Å². The molecule has 1 aliphatic rings. The fourth-order valence-electron chi connectivity index (χ4n) is 1.18. The first-order chi connectivity index (χ1) is 6.16. The third kappa shape index (κ3) is 1.26. The number of carbonyl (C=O) groups is 2. The molecule has 0 saturated heterocycles. The number of nitrogens with zero attached hydrogens (tertiary/aromatic N) is 1. The molecule has 0 unspecified atom stereocenters. The molecular formula is C9H7N2O2. The van der Waals surface area contributed by atoms with Crippen molar-refractivity contribution in [2.75, 3.05) is 5.32 Å². The third-order valence-electron chi connectivity index (χ3n) is 1.82. The lowest BCUT2D eigenvalue weighted by Gasteiger charge is -2.14. The van der Waals surface area contributed by atoms with E-state index in [0.29, 0.717) is 11.4 Å². The molecule has 4 nitrogen and oxygen atoms in total. The summed E-state index contributed by atoms with van der Waals surface area (Å²) in [6.07, 6.45) is 0. The van der Waals surface area contributed by atoms with Crippen molar-refractivity contribution in [2.45, 2.75) is 6.92 Å². The minimum absolute atomic E-state index is 0.532. The lowest BCUT2D eigenvalue weighted by atomic mass is 10.1. The molecule has 0 aromatic heterocycles. The quantitative estimate of drug-likeness (QED) is 0.590. The van der Waals surface area contributed by atoms with E-state index in [4.69, 9.17) is 0 Å². The van der Waals surface area contributed by atoms with E-state index in [1.807, 2.05) is 13.0 Å². The molecule has 1 radical (unpaired) electrons. The third-order valence-corrected chi connectivity index (χ3v) is 1.82. The van der Waals surface area contributed by atoms with Crippen LogP contribution in [0.15, 0.2) is 18.2 Å². The number of hydrogen-bond donors (Lipinski definition) is 1. The maximum absolute atomic E-state index is 10.9. The van der Waals surface area contributed by atoms with Crippen molar-refractivity contribution in [3.63, 3.8) is 0 Å². The predicted molar refractivity (Wildman–Crippen MR) is 46.6 cm³/mol. The number of nitrogens with one attached hydrogen (secondary N) is 1. The number of benzene rings is 1. The van der Waals surface area contributed by atoms with Crippen molar-refractivity contribution in [2.24, 2.45) is 0 Å². The molecule has 1 N–H and O–H groups in total. The van der Waals surface area contributed by atoms with Gasteiger partial charge in [0.1, 0.15) is 0 Å². The van der Waals surface area contributed by atoms with E-state index in [1.165, 1.54) is 0 Å². The van der Waals surface area contributed by atoms with Crippen LogP contribution in [0.3, 0.4) is 0 Å². The Kier molecular flexibility index (Phi) is 1.55. The number of rotatable bonds is 0. The highest BCUT2D eigenvalue weighted by Gasteiger charge is 2.23. The molecule has 1 aromatic carbocycles. The lowest BCUT2D eigenvalue weighted by Crippen LogP contribution is -2.33. The average molecular weight is 175 g/mol. The zero-order valence-corrected chi connectivity index (χ0v) is 7.00. The molecule has 65 valence electrons. The van der Waals surface area contributed by atoms with Crippen LogP contribution < -0.4 is 10.6 Å². The van der Waals surface area contributed by atoms with Gasteiger partial charge in [0.2, 0.25) is 0 Å². The Morgan fingerprint density at radius 2 is 2.08 bits per heavy atom. The molecule has 0 aliphatic carbocycles. The van der Waals surface area contributed by atoms with Gasteiger partial charge in [-0.25, -0.2) is 5.32 Å². The fraction of sp³-hybridized carbons (Fsp3) is 0.111. The number of aryl methyl sites for hydroxylation is 1. The van der Waals surface area contributed by atoms with Crippen molar-refractivity contribution in [3.8, 4) is 0 Å². The molecule has 1 aliphatic heterocycles. The Labute approximate surface area is 74.9 Å². The second kappa shape index (κ2) is 2.58. The largest absolute Gasteiger partial charge is 0.335 e. The van der Waals surface area contributed by atoms with Crippen LogP contribution in [0.4, 0.5) is 11.4 Å². The molecule has 2 amide bonds. The van der Waals surface area contributed by atoms with Crippen molar-refractivity contribution < 1.29 is 9.59 Å². The number of anilines is 1. The van der Waals surface area contributed by atoms with Crippen LogP contribution in [0.5, 0.6) is 0 Å². The van der Waals surface area contributed by atoms with Crippen LogP contribution in [-0.4, -0.2) is 11.8 Å². The summed E-state index contributed by atoms with van der Waals surface area (Å²) in [5.74, 6) is -1.41. The minimum Gasteiger partial charge on any atom is -0.316 e. The monoisotopic (exact) mass is 175 g/mol. The topological polar surface area (TPSA) is 60.3 Å². The van der Waals surface area contributed by atoms with Gasteiger partial charge in [0.25, 0.3) is 0 Å². The summed E-state index contributed by atoms with van der Waals surface area (Å²) < 4.78 is 0. The van der Waals surface area contributed by atoms with E-state index in [2.05, 4.69) is 10.6 Å². The van der Waals surface area contributed by atoms with Crippen molar-refractivity contribution >= 4 is 23.2 Å². The molecule has 0 bridgehead atoms. The first kappa shape index (κ1) is 7.79. The zero-order valence-electron chi connectivity index (χ0n) is 7.00. The molecule has 4 heteroatoms. The molecule has 1 heterocycles. The van der Waals surface area contributed by atoms with Crippen molar-refractivity contribution in [1.82, 2.24) is 5.32 Å². The van der Waals surface area contributed by atoms with Gasteiger partial charge in [0.15, 0.2) is 0 Å². The molecule has 0 saturated carbocycles. The Balaban J connectivity index is 2.48. The summed E-state index contributed by atoms with van der Waals surface area (Å²) in [5, 5.41) is 6.09. The molecule has 13 heavy (non-hydrogen) atoms. The van der Waals surface area contributed by atoms with Crippen LogP contribution in [0.1, 0.15) is 5.56 Å². The SMILES string of the molecule is Cc1ccc2c(c1)[N]C(=O)C(=O)N2. The van der Waals surface area contributed by atoms with Gasteiger partial charge < -0.3 is 5.32 Å². The summed E-state index contributed by atoms with van der Waals surface area (Å²) in [6.45, 7) is 1.90. The minimum atomic E-state index is -0.738. The standard InChI is InChI=1S/C9H7N2O2/c1-5-2-3-6-7(4-5)11-9(13)8(12)10-6/h2-4H,1H3,(H,10,12). The number of carbonyl (C=O) groups excluding carboxylic acids is 2. The first-order valence-electron chi connectivity index (χ1n) is 3.84. The molecular weight excluding hydrogens is 168 g/mol. The highest BCUT2D eigenvalue weighted by atomic mass is 16.2. The zero-order chi connectivity index (χ0) is 9.42. The normalized spacial score (nSPS) is 14.5. The summed E-state index contributed by atoms with van der Waals surface area (Å²) in [7, 11) is 0. The fourth-order valence-corrected chi connectivity index (χ4v) is 1.18. The number of hydrogen-bond acceptors (Lipinski definition) is 2. The first-order valence-corrected chi connectivity index (χ1v) is 3.84. The number of fused-ring (bicyclic) bond motifs is 1. The van der Waals surface area contributed by atoms with Gasteiger partial charge in [-0.2, -0.15) is 0 Å². The maximum atomic E-state index is 10.9. The van der Waals surface area contributed by atoms with Gasteiger partial charge in [0, 0.05) is 0 Å². The van der Waals surface area contributed by atoms with Gasteiger partial charge in [-0.05, 0) is 24.6 Å². The summed E-state index contributed by atoms with van der Waals surface area (Å²) in [5.41, 5.74) is 2.13. The average Bonchev–Trinajstić information content (AvgIpc) is 2.08. The van der Waals surface area contributed by atoms with Crippen LogP contribution in [0.2, 0.25) is 0 Å². The van der Waals surface area contributed by atoms with Gasteiger partial charge >= 0.3 is 11.8 Å². The Bertz CT molecular complexity index is 399. The Morgan fingerprint density at radius 1 is 1.31 bits per heavy atom. The van der Waals surface area contributed by atoms with Gasteiger partial charge in [-0.15, -0.1) is 0 Å². The molecule has 0 atom stereocenters. The molecule has 0 spiro atoms. The summed E-state index contributed by atoms with van der Waals surface area (Å²) in [6, 6.07) is 5.34. The lowest BCUT2D eigenvalue weighted by molar-refractivity contribution is -0.135. The van der Waals surface area contributed by atoms with Gasteiger partial charge in [0.05, 0.1) is 11.4 Å². The maximum Gasteiger partial charge on any atom is 0.335 e. The molecule has 0 fully saturated rings.